The third-order valence-electron chi connectivity index (χ3n) is 4.69. The molecule has 0 spiro atoms. The lowest BCUT2D eigenvalue weighted by atomic mass is 10.0. The Morgan fingerprint density at radius 1 is 0.692 bits per heavy atom. The molecule has 0 aliphatic rings. The van der Waals surface area contributed by atoms with Gasteiger partial charge in [0.25, 0.3) is 0 Å². The molecule has 0 radical (unpaired) electrons. The zero-order valence-electron chi connectivity index (χ0n) is 15.7. The third kappa shape index (κ3) is 7.55. The average Bonchev–Trinajstić information content (AvgIpc) is 2.65. The molecule has 2 rings (SSSR count). The second kappa shape index (κ2) is 11.7. The fourth-order valence-corrected chi connectivity index (χ4v) is 3.16. The van der Waals surface area contributed by atoms with Gasteiger partial charge in [-0.3, -0.25) is 0 Å². The zero-order valence-corrected chi connectivity index (χ0v) is 15.7. The Labute approximate surface area is 156 Å². The van der Waals surface area contributed by atoms with Gasteiger partial charge < -0.3 is 4.74 Å². The summed E-state index contributed by atoms with van der Waals surface area (Å²) in [5.74, 6) is 0.190. The highest BCUT2D eigenvalue weighted by atomic mass is 19.3. The minimum absolute atomic E-state index is 0.190. The lowest BCUT2D eigenvalue weighted by molar-refractivity contribution is -0.0498. The highest BCUT2D eigenvalue weighted by Crippen LogP contribution is 2.24. The Morgan fingerprint density at radius 2 is 1.19 bits per heavy atom. The first-order chi connectivity index (χ1) is 12.7. The number of hydrogen-bond acceptors (Lipinski definition) is 1. The van der Waals surface area contributed by atoms with E-state index >= 15 is 0 Å². The van der Waals surface area contributed by atoms with E-state index in [4.69, 9.17) is 0 Å². The van der Waals surface area contributed by atoms with Crippen molar-refractivity contribution in [3.05, 3.63) is 54.1 Å². The van der Waals surface area contributed by atoms with Crippen LogP contribution in [0.15, 0.2) is 48.5 Å². The number of benzene rings is 2. The number of aryl methyl sites for hydroxylation is 1. The van der Waals surface area contributed by atoms with E-state index in [1.807, 2.05) is 12.1 Å². The van der Waals surface area contributed by atoms with Gasteiger partial charge in [0.1, 0.15) is 5.75 Å². The maximum atomic E-state index is 12.2. The van der Waals surface area contributed by atoms with Gasteiger partial charge in [-0.2, -0.15) is 8.78 Å². The molecular formula is C23H30F2O. The number of alkyl halides is 2. The third-order valence-corrected chi connectivity index (χ3v) is 4.69. The number of halogens is 2. The molecule has 142 valence electrons. The molecule has 0 atom stereocenters. The van der Waals surface area contributed by atoms with E-state index in [2.05, 4.69) is 35.9 Å². The minimum atomic E-state index is -2.78. The van der Waals surface area contributed by atoms with Gasteiger partial charge in [-0.25, -0.2) is 0 Å². The Hall–Kier alpha value is -1.90. The summed E-state index contributed by atoms with van der Waals surface area (Å²) in [7, 11) is 0. The predicted molar refractivity (Wildman–Crippen MR) is 105 cm³/mol. The fourth-order valence-electron chi connectivity index (χ4n) is 3.16. The van der Waals surface area contributed by atoms with Gasteiger partial charge in [0.2, 0.25) is 0 Å². The van der Waals surface area contributed by atoms with Crippen molar-refractivity contribution in [3.8, 4) is 16.9 Å². The fraction of sp³-hybridized carbons (Fsp3) is 0.478. The first kappa shape index (κ1) is 20.4. The van der Waals surface area contributed by atoms with Crippen molar-refractivity contribution in [2.24, 2.45) is 0 Å². The molecule has 3 heteroatoms. The molecule has 0 fully saturated rings. The van der Waals surface area contributed by atoms with Crippen LogP contribution >= 0.6 is 0 Å². The molecule has 0 saturated heterocycles. The van der Waals surface area contributed by atoms with Crippen molar-refractivity contribution in [1.29, 1.82) is 0 Å². The van der Waals surface area contributed by atoms with Crippen LogP contribution in [0.25, 0.3) is 11.1 Å². The predicted octanol–water partition coefficient (Wildman–Crippen LogP) is 7.64. The highest BCUT2D eigenvalue weighted by Gasteiger charge is 2.04. The van der Waals surface area contributed by atoms with Crippen LogP contribution in [0.4, 0.5) is 8.78 Å². The zero-order chi connectivity index (χ0) is 18.6. The van der Waals surface area contributed by atoms with E-state index < -0.39 is 6.61 Å². The van der Waals surface area contributed by atoms with Crippen molar-refractivity contribution >= 4 is 0 Å². The SMILES string of the molecule is CCCCCCCCCCc1ccc(-c2ccc(OC(F)F)cc2)cc1. The van der Waals surface area contributed by atoms with Gasteiger partial charge in [0.15, 0.2) is 0 Å². The van der Waals surface area contributed by atoms with Gasteiger partial charge in [0.05, 0.1) is 0 Å². The normalized spacial score (nSPS) is 11.1. The number of hydrogen-bond donors (Lipinski definition) is 0. The smallest absolute Gasteiger partial charge is 0.387 e. The van der Waals surface area contributed by atoms with Crippen LogP contribution in [-0.4, -0.2) is 6.61 Å². The van der Waals surface area contributed by atoms with E-state index in [0.717, 1.165) is 17.5 Å². The van der Waals surface area contributed by atoms with E-state index in [1.165, 1.54) is 56.9 Å². The molecule has 0 saturated carbocycles. The second-order valence-electron chi connectivity index (χ2n) is 6.82. The van der Waals surface area contributed by atoms with Crippen LogP contribution in [0.5, 0.6) is 5.75 Å². The molecule has 0 aliphatic heterocycles. The van der Waals surface area contributed by atoms with Gasteiger partial charge in [-0.05, 0) is 41.7 Å². The summed E-state index contributed by atoms with van der Waals surface area (Å²) in [6.45, 7) is -0.529. The summed E-state index contributed by atoms with van der Waals surface area (Å²) in [6, 6.07) is 15.3. The maximum Gasteiger partial charge on any atom is 0.387 e. The summed E-state index contributed by atoms with van der Waals surface area (Å²) in [4.78, 5) is 0. The van der Waals surface area contributed by atoms with Gasteiger partial charge in [-0.15, -0.1) is 0 Å². The van der Waals surface area contributed by atoms with Crippen molar-refractivity contribution < 1.29 is 13.5 Å². The minimum Gasteiger partial charge on any atom is -0.435 e. The summed E-state index contributed by atoms with van der Waals surface area (Å²) in [5.41, 5.74) is 3.45. The van der Waals surface area contributed by atoms with Crippen molar-refractivity contribution in [3.63, 3.8) is 0 Å². The largest absolute Gasteiger partial charge is 0.435 e. The lowest BCUT2D eigenvalue weighted by Gasteiger charge is -2.07. The van der Waals surface area contributed by atoms with Crippen molar-refractivity contribution in [2.75, 3.05) is 0 Å². The van der Waals surface area contributed by atoms with Crippen LogP contribution in [0, 0.1) is 0 Å². The molecule has 0 bridgehead atoms. The Kier molecular flexibility index (Phi) is 9.16. The van der Waals surface area contributed by atoms with E-state index in [9.17, 15) is 8.78 Å². The van der Waals surface area contributed by atoms with Crippen LogP contribution < -0.4 is 4.74 Å². The summed E-state index contributed by atoms with van der Waals surface area (Å²) < 4.78 is 28.8. The monoisotopic (exact) mass is 360 g/mol. The maximum absolute atomic E-state index is 12.2. The molecule has 0 unspecified atom stereocenters. The first-order valence-electron chi connectivity index (χ1n) is 9.83. The summed E-state index contributed by atoms with van der Waals surface area (Å²) >= 11 is 0. The van der Waals surface area contributed by atoms with Gasteiger partial charge in [-0.1, -0.05) is 88.3 Å². The molecule has 1 nitrogen and oxygen atoms in total. The van der Waals surface area contributed by atoms with Crippen LogP contribution in [0.1, 0.15) is 63.9 Å². The van der Waals surface area contributed by atoms with Crippen LogP contribution in [-0.2, 0) is 6.42 Å². The average molecular weight is 360 g/mol. The Morgan fingerprint density at radius 3 is 1.73 bits per heavy atom. The summed E-state index contributed by atoms with van der Waals surface area (Å²) in [6.07, 6.45) is 11.8. The molecular weight excluding hydrogens is 330 g/mol. The summed E-state index contributed by atoms with van der Waals surface area (Å²) in [5, 5.41) is 0. The molecule has 0 heterocycles. The molecule has 26 heavy (non-hydrogen) atoms. The van der Waals surface area contributed by atoms with E-state index in [1.54, 1.807) is 12.1 Å². The molecule has 0 aliphatic carbocycles. The standard InChI is InChI=1S/C23H30F2O/c1-2-3-4-5-6-7-8-9-10-19-11-13-20(14-12-19)21-15-17-22(18-16-21)26-23(24)25/h11-18,23H,2-10H2,1H3. The molecule has 0 amide bonds. The highest BCUT2D eigenvalue weighted by molar-refractivity contribution is 5.64. The van der Waals surface area contributed by atoms with Crippen LogP contribution in [0.2, 0.25) is 0 Å². The topological polar surface area (TPSA) is 9.23 Å². The molecule has 2 aromatic carbocycles. The number of ether oxygens (including phenoxy) is 1. The van der Waals surface area contributed by atoms with Crippen molar-refractivity contribution in [1.82, 2.24) is 0 Å². The lowest BCUT2D eigenvalue weighted by Crippen LogP contribution is -2.01. The first-order valence-corrected chi connectivity index (χ1v) is 9.83. The van der Waals surface area contributed by atoms with Crippen molar-refractivity contribution in [2.45, 2.75) is 71.3 Å². The van der Waals surface area contributed by atoms with E-state index in [-0.39, 0.29) is 5.75 Å². The molecule has 0 N–H and O–H groups in total. The number of rotatable bonds is 12. The second-order valence-corrected chi connectivity index (χ2v) is 6.82. The van der Waals surface area contributed by atoms with Crippen LogP contribution in [0.3, 0.4) is 0 Å². The molecule has 2 aromatic rings. The van der Waals surface area contributed by atoms with Gasteiger partial charge in [0, 0.05) is 0 Å². The Bertz CT molecular complexity index is 605. The van der Waals surface area contributed by atoms with E-state index in [0.29, 0.717) is 0 Å². The molecule has 0 aromatic heterocycles. The quantitative estimate of drug-likeness (QED) is 0.353. The van der Waals surface area contributed by atoms with Gasteiger partial charge >= 0.3 is 6.61 Å². The Balaban J connectivity index is 1.72. The number of unbranched alkanes of at least 4 members (excludes halogenated alkanes) is 7.